The summed E-state index contributed by atoms with van der Waals surface area (Å²) < 4.78 is 0. The lowest BCUT2D eigenvalue weighted by atomic mass is 9.91. The first kappa shape index (κ1) is 13.9. The van der Waals surface area contributed by atoms with E-state index in [-0.39, 0.29) is 11.7 Å². The third-order valence-corrected chi connectivity index (χ3v) is 3.15. The zero-order valence-corrected chi connectivity index (χ0v) is 10.7. The Morgan fingerprint density at radius 1 is 1.24 bits per heavy atom. The molecule has 0 aliphatic rings. The molecule has 0 heterocycles. The van der Waals surface area contributed by atoms with E-state index in [2.05, 4.69) is 6.92 Å². The predicted octanol–water partition coefficient (Wildman–Crippen LogP) is 3.45. The fourth-order valence-electron chi connectivity index (χ4n) is 1.89. The molecule has 17 heavy (non-hydrogen) atoms. The van der Waals surface area contributed by atoms with E-state index in [1.54, 1.807) is 12.1 Å². The Morgan fingerprint density at radius 3 is 2.47 bits per heavy atom. The molecule has 1 N–H and O–H groups in total. The van der Waals surface area contributed by atoms with Crippen molar-refractivity contribution in [3.63, 3.8) is 0 Å². The maximum absolute atomic E-state index is 12.1. The first-order valence-electron chi connectivity index (χ1n) is 6.44. The Kier molecular flexibility index (Phi) is 5.92. The van der Waals surface area contributed by atoms with Gasteiger partial charge in [-0.25, -0.2) is 0 Å². The number of Topliss-reactive ketones (excluding diaryl/α,β-unsaturated/α-hetero) is 1. The van der Waals surface area contributed by atoms with Gasteiger partial charge in [-0.05, 0) is 6.42 Å². The van der Waals surface area contributed by atoms with Gasteiger partial charge in [0.05, 0.1) is 6.10 Å². The van der Waals surface area contributed by atoms with Crippen molar-refractivity contribution in [1.82, 2.24) is 0 Å². The minimum Gasteiger partial charge on any atom is -0.392 e. The number of hydrogen-bond donors (Lipinski definition) is 1. The van der Waals surface area contributed by atoms with Gasteiger partial charge >= 0.3 is 0 Å². The van der Waals surface area contributed by atoms with Crippen LogP contribution in [-0.2, 0) is 0 Å². The molecule has 2 nitrogen and oxygen atoms in total. The summed E-state index contributed by atoms with van der Waals surface area (Å²) >= 11 is 0. The molecule has 1 rings (SSSR count). The normalized spacial score (nSPS) is 14.3. The Labute approximate surface area is 104 Å². The van der Waals surface area contributed by atoms with E-state index in [1.807, 2.05) is 25.1 Å². The van der Waals surface area contributed by atoms with E-state index in [4.69, 9.17) is 0 Å². The van der Waals surface area contributed by atoms with E-state index in [0.717, 1.165) is 19.3 Å². The maximum Gasteiger partial charge on any atom is 0.168 e. The zero-order chi connectivity index (χ0) is 12.7. The molecule has 0 amide bonds. The highest BCUT2D eigenvalue weighted by atomic mass is 16.3. The standard InChI is InChI=1S/C15H22O2/c1-3-4-6-11-14(16)12(2)15(17)13-9-7-5-8-10-13/h5,7-10,12,14,16H,3-4,6,11H2,1-2H3/t12-,14+/m0/s1. The van der Waals surface area contributed by atoms with Crippen molar-refractivity contribution in [2.45, 2.75) is 45.6 Å². The highest BCUT2D eigenvalue weighted by Gasteiger charge is 2.22. The van der Waals surface area contributed by atoms with E-state index < -0.39 is 6.10 Å². The molecular weight excluding hydrogens is 212 g/mol. The molecule has 2 heteroatoms. The van der Waals surface area contributed by atoms with Crippen LogP contribution in [0.15, 0.2) is 30.3 Å². The van der Waals surface area contributed by atoms with Crippen molar-refractivity contribution in [2.24, 2.45) is 5.92 Å². The number of carbonyl (C=O) groups excluding carboxylic acids is 1. The molecule has 0 spiro atoms. The van der Waals surface area contributed by atoms with Crippen LogP contribution in [0.2, 0.25) is 0 Å². The number of aliphatic hydroxyl groups excluding tert-OH is 1. The largest absolute Gasteiger partial charge is 0.392 e. The molecule has 94 valence electrons. The van der Waals surface area contributed by atoms with Gasteiger partial charge in [0.1, 0.15) is 0 Å². The number of benzene rings is 1. The lowest BCUT2D eigenvalue weighted by Crippen LogP contribution is -2.25. The van der Waals surface area contributed by atoms with Gasteiger partial charge in [0.25, 0.3) is 0 Å². The monoisotopic (exact) mass is 234 g/mol. The predicted molar refractivity (Wildman–Crippen MR) is 70.1 cm³/mol. The third kappa shape index (κ3) is 4.31. The molecule has 0 radical (unpaired) electrons. The van der Waals surface area contributed by atoms with E-state index in [1.165, 1.54) is 0 Å². The summed E-state index contributed by atoms with van der Waals surface area (Å²) in [6, 6.07) is 9.20. The molecule has 0 saturated heterocycles. The number of hydrogen-bond acceptors (Lipinski definition) is 2. The van der Waals surface area contributed by atoms with Gasteiger partial charge < -0.3 is 5.11 Å². The number of aliphatic hydroxyl groups is 1. The first-order valence-corrected chi connectivity index (χ1v) is 6.44. The van der Waals surface area contributed by atoms with Gasteiger partial charge in [0.2, 0.25) is 0 Å². The van der Waals surface area contributed by atoms with Crippen LogP contribution in [0.5, 0.6) is 0 Å². The van der Waals surface area contributed by atoms with Gasteiger partial charge in [0, 0.05) is 11.5 Å². The van der Waals surface area contributed by atoms with E-state index in [0.29, 0.717) is 12.0 Å². The quantitative estimate of drug-likeness (QED) is 0.579. The Morgan fingerprint density at radius 2 is 1.88 bits per heavy atom. The van der Waals surface area contributed by atoms with Crippen molar-refractivity contribution in [3.8, 4) is 0 Å². The van der Waals surface area contributed by atoms with Crippen molar-refractivity contribution >= 4 is 5.78 Å². The average molecular weight is 234 g/mol. The van der Waals surface area contributed by atoms with Crippen LogP contribution in [0.25, 0.3) is 0 Å². The van der Waals surface area contributed by atoms with Crippen molar-refractivity contribution in [3.05, 3.63) is 35.9 Å². The van der Waals surface area contributed by atoms with Gasteiger partial charge in [0.15, 0.2) is 5.78 Å². The van der Waals surface area contributed by atoms with E-state index in [9.17, 15) is 9.90 Å². The lowest BCUT2D eigenvalue weighted by molar-refractivity contribution is 0.0683. The van der Waals surface area contributed by atoms with Gasteiger partial charge in [-0.3, -0.25) is 4.79 Å². The summed E-state index contributed by atoms with van der Waals surface area (Å²) in [5.41, 5.74) is 0.689. The summed E-state index contributed by atoms with van der Waals surface area (Å²) in [6.45, 7) is 3.94. The maximum atomic E-state index is 12.1. The topological polar surface area (TPSA) is 37.3 Å². The summed E-state index contributed by atoms with van der Waals surface area (Å²) in [7, 11) is 0. The molecule has 2 atom stereocenters. The fourth-order valence-corrected chi connectivity index (χ4v) is 1.89. The molecule has 0 unspecified atom stereocenters. The number of ketones is 1. The van der Waals surface area contributed by atoms with Gasteiger partial charge in [-0.1, -0.05) is 63.4 Å². The van der Waals surface area contributed by atoms with Crippen LogP contribution in [-0.4, -0.2) is 17.0 Å². The van der Waals surface area contributed by atoms with Crippen LogP contribution in [0.4, 0.5) is 0 Å². The molecule has 0 fully saturated rings. The molecule has 0 aromatic heterocycles. The summed E-state index contributed by atoms with van der Waals surface area (Å²) in [5, 5.41) is 9.96. The average Bonchev–Trinajstić information content (AvgIpc) is 2.38. The molecule has 0 saturated carbocycles. The molecular formula is C15H22O2. The smallest absolute Gasteiger partial charge is 0.168 e. The summed E-state index contributed by atoms with van der Waals surface area (Å²) in [5.74, 6) is -0.274. The Bertz CT molecular complexity index is 332. The second-order valence-electron chi connectivity index (χ2n) is 4.58. The summed E-state index contributed by atoms with van der Waals surface area (Å²) in [4.78, 5) is 12.1. The van der Waals surface area contributed by atoms with Crippen LogP contribution in [0, 0.1) is 5.92 Å². The second-order valence-corrected chi connectivity index (χ2v) is 4.58. The Balaban J connectivity index is 2.51. The van der Waals surface area contributed by atoms with Crippen LogP contribution >= 0.6 is 0 Å². The van der Waals surface area contributed by atoms with Gasteiger partial charge in [-0.2, -0.15) is 0 Å². The second kappa shape index (κ2) is 7.23. The number of carbonyl (C=O) groups is 1. The van der Waals surface area contributed by atoms with Crippen molar-refractivity contribution in [2.75, 3.05) is 0 Å². The molecule has 1 aromatic carbocycles. The van der Waals surface area contributed by atoms with Crippen molar-refractivity contribution in [1.29, 1.82) is 0 Å². The Hall–Kier alpha value is -1.15. The SMILES string of the molecule is CCCCC[C@@H](O)[C@H](C)C(=O)c1ccccc1. The molecule has 0 aliphatic heterocycles. The third-order valence-electron chi connectivity index (χ3n) is 3.15. The zero-order valence-electron chi connectivity index (χ0n) is 10.7. The highest BCUT2D eigenvalue weighted by molar-refractivity contribution is 5.97. The highest BCUT2D eigenvalue weighted by Crippen LogP contribution is 2.16. The minimum absolute atomic E-state index is 0.0367. The summed E-state index contributed by atoms with van der Waals surface area (Å²) in [6.07, 6.45) is 3.43. The minimum atomic E-state index is -0.519. The lowest BCUT2D eigenvalue weighted by Gasteiger charge is -2.17. The molecule has 0 aliphatic carbocycles. The molecule has 1 aromatic rings. The van der Waals surface area contributed by atoms with E-state index >= 15 is 0 Å². The molecule has 0 bridgehead atoms. The number of unbranched alkanes of at least 4 members (excludes halogenated alkanes) is 2. The van der Waals surface area contributed by atoms with Gasteiger partial charge in [-0.15, -0.1) is 0 Å². The number of rotatable bonds is 7. The first-order chi connectivity index (χ1) is 8.16. The fraction of sp³-hybridized carbons (Fsp3) is 0.533. The van der Waals surface area contributed by atoms with Crippen LogP contribution in [0.3, 0.4) is 0 Å². The van der Waals surface area contributed by atoms with Crippen molar-refractivity contribution < 1.29 is 9.90 Å². The van der Waals surface area contributed by atoms with Crippen LogP contribution < -0.4 is 0 Å². The van der Waals surface area contributed by atoms with Crippen LogP contribution in [0.1, 0.15) is 49.9 Å².